The second-order valence-electron chi connectivity index (χ2n) is 6.13. The number of nitrogens with zero attached hydrogens (tertiary/aromatic N) is 2. The minimum atomic E-state index is -1.20. The Balaban J connectivity index is 4.80. The lowest BCUT2D eigenvalue weighted by Gasteiger charge is -2.21. The highest BCUT2D eigenvalue weighted by atomic mass is 16.4. The molecule has 0 aromatic carbocycles. The van der Waals surface area contributed by atoms with E-state index >= 15 is 0 Å². The van der Waals surface area contributed by atoms with Gasteiger partial charge in [0.05, 0.1) is 6.04 Å². The number of nitrogens with one attached hydrogen (secondary N) is 2. The van der Waals surface area contributed by atoms with Crippen LogP contribution in [0.1, 0.15) is 32.6 Å². The maximum atomic E-state index is 12.3. The van der Waals surface area contributed by atoms with Crippen molar-refractivity contribution in [1.29, 1.82) is 0 Å². The summed E-state index contributed by atoms with van der Waals surface area (Å²) in [4.78, 5) is 43.1. The Hall–Kier alpha value is -3.09. The van der Waals surface area contributed by atoms with Crippen LogP contribution < -0.4 is 39.3 Å². The van der Waals surface area contributed by atoms with Gasteiger partial charge in [0, 0.05) is 13.1 Å². The predicted molar refractivity (Wildman–Crippen MR) is 105 cm³/mol. The molecule has 0 saturated carbocycles. The predicted octanol–water partition coefficient (Wildman–Crippen LogP) is -3.51. The third-order valence-corrected chi connectivity index (χ3v) is 3.61. The molecular weight excluding hydrogens is 370 g/mol. The number of aliphatic carboxylic acids is 1. The van der Waals surface area contributed by atoms with E-state index in [1.54, 1.807) is 0 Å². The quantitative estimate of drug-likeness (QED) is 0.0863. The number of carbonyl (C=O) groups excluding carboxylic acids is 2. The van der Waals surface area contributed by atoms with Crippen molar-refractivity contribution < 1.29 is 19.5 Å². The average Bonchev–Trinajstić information content (AvgIpc) is 2.60. The third-order valence-electron chi connectivity index (χ3n) is 3.61. The van der Waals surface area contributed by atoms with Crippen LogP contribution in [0.3, 0.4) is 0 Å². The number of carboxylic acids is 1. The van der Waals surface area contributed by atoms with Crippen LogP contribution in [0.2, 0.25) is 0 Å². The van der Waals surface area contributed by atoms with Crippen LogP contribution >= 0.6 is 0 Å². The summed E-state index contributed by atoms with van der Waals surface area (Å²) in [6.07, 6.45) is 1.36. The SMILES string of the molecule is CC(NC(=O)C(CCCN=C(N)N)NC(=O)C(N)CCCN=C(N)N)C(=O)O. The normalized spacial score (nSPS) is 13.5. The highest BCUT2D eigenvalue weighted by Gasteiger charge is 2.25. The molecule has 0 aliphatic carbocycles. The molecule has 13 N–H and O–H groups in total. The zero-order valence-corrected chi connectivity index (χ0v) is 15.9. The molecule has 13 heteroatoms. The fourth-order valence-corrected chi connectivity index (χ4v) is 2.08. The minimum Gasteiger partial charge on any atom is -0.480 e. The number of amides is 2. The largest absolute Gasteiger partial charge is 0.480 e. The van der Waals surface area contributed by atoms with Crippen LogP contribution in [0.15, 0.2) is 9.98 Å². The highest BCUT2D eigenvalue weighted by molar-refractivity contribution is 5.91. The van der Waals surface area contributed by atoms with Gasteiger partial charge in [-0.05, 0) is 32.6 Å². The molecule has 0 saturated heterocycles. The fourth-order valence-electron chi connectivity index (χ4n) is 2.08. The molecule has 2 amide bonds. The molecule has 0 aromatic rings. The van der Waals surface area contributed by atoms with Crippen molar-refractivity contribution in [2.75, 3.05) is 13.1 Å². The molecule has 0 spiro atoms. The van der Waals surface area contributed by atoms with Crippen molar-refractivity contribution in [3.8, 4) is 0 Å². The van der Waals surface area contributed by atoms with Crippen molar-refractivity contribution in [3.05, 3.63) is 0 Å². The summed E-state index contributed by atoms with van der Waals surface area (Å²) in [5.41, 5.74) is 26.7. The van der Waals surface area contributed by atoms with Gasteiger partial charge >= 0.3 is 5.97 Å². The van der Waals surface area contributed by atoms with Gasteiger partial charge in [0.2, 0.25) is 11.8 Å². The second kappa shape index (κ2) is 13.1. The molecule has 0 aliphatic heterocycles. The number of carbonyl (C=O) groups is 3. The van der Waals surface area contributed by atoms with E-state index in [4.69, 9.17) is 33.8 Å². The van der Waals surface area contributed by atoms with E-state index in [1.807, 2.05) is 0 Å². The number of hydrogen-bond donors (Lipinski definition) is 8. The highest BCUT2D eigenvalue weighted by Crippen LogP contribution is 2.02. The molecule has 0 bridgehead atoms. The Morgan fingerprint density at radius 2 is 1.39 bits per heavy atom. The van der Waals surface area contributed by atoms with Crippen LogP contribution in [0.25, 0.3) is 0 Å². The van der Waals surface area contributed by atoms with Gasteiger partial charge in [-0.15, -0.1) is 0 Å². The summed E-state index contributed by atoms with van der Waals surface area (Å²) in [6.45, 7) is 1.89. The molecule has 0 aromatic heterocycles. The Morgan fingerprint density at radius 1 is 0.893 bits per heavy atom. The Kier molecular flexibility index (Phi) is 11.7. The van der Waals surface area contributed by atoms with Crippen LogP contribution in [-0.4, -0.2) is 66.0 Å². The second-order valence-corrected chi connectivity index (χ2v) is 6.13. The van der Waals surface area contributed by atoms with Gasteiger partial charge in [-0.25, -0.2) is 0 Å². The molecule has 13 nitrogen and oxygen atoms in total. The van der Waals surface area contributed by atoms with Gasteiger partial charge < -0.3 is 44.4 Å². The number of aliphatic imine (C=N–C) groups is 2. The molecule has 3 unspecified atom stereocenters. The number of carboxylic acid groups (broad SMARTS) is 1. The lowest BCUT2D eigenvalue weighted by molar-refractivity contribution is -0.141. The van der Waals surface area contributed by atoms with E-state index in [-0.39, 0.29) is 24.9 Å². The summed E-state index contributed by atoms with van der Waals surface area (Å²) in [6, 6.07) is -2.97. The molecule has 0 radical (unpaired) electrons. The molecule has 0 fully saturated rings. The van der Waals surface area contributed by atoms with E-state index in [2.05, 4.69) is 20.6 Å². The first-order chi connectivity index (χ1) is 13.0. The summed E-state index contributed by atoms with van der Waals surface area (Å²) >= 11 is 0. The zero-order valence-electron chi connectivity index (χ0n) is 15.9. The zero-order chi connectivity index (χ0) is 21.7. The van der Waals surface area contributed by atoms with E-state index < -0.39 is 35.9 Å². The molecule has 0 aliphatic rings. The first-order valence-corrected chi connectivity index (χ1v) is 8.74. The average molecular weight is 401 g/mol. The smallest absolute Gasteiger partial charge is 0.325 e. The van der Waals surface area contributed by atoms with Crippen LogP contribution in [0.4, 0.5) is 0 Å². The van der Waals surface area contributed by atoms with Crippen LogP contribution in [0.5, 0.6) is 0 Å². The van der Waals surface area contributed by atoms with Gasteiger partial charge in [-0.3, -0.25) is 24.4 Å². The standard InChI is InChI=1S/C15H31N9O4/c1-8(13(27)28)23-12(26)10(5-3-7-22-15(19)20)24-11(25)9(16)4-2-6-21-14(17)18/h8-10H,2-7,16H2,1H3,(H,23,26)(H,24,25)(H,27,28)(H4,17,18,21)(H4,19,20,22). The lowest BCUT2D eigenvalue weighted by atomic mass is 10.1. The Labute approximate surface area is 163 Å². The van der Waals surface area contributed by atoms with E-state index in [1.165, 1.54) is 6.92 Å². The molecular formula is C15H31N9O4. The molecule has 0 heterocycles. The minimum absolute atomic E-state index is 0.0527. The number of hydrogen-bond acceptors (Lipinski definition) is 6. The van der Waals surface area contributed by atoms with Crippen LogP contribution in [-0.2, 0) is 14.4 Å². The number of nitrogens with two attached hydrogens (primary N) is 5. The van der Waals surface area contributed by atoms with Crippen molar-refractivity contribution >= 4 is 29.7 Å². The Morgan fingerprint density at radius 3 is 1.86 bits per heavy atom. The van der Waals surface area contributed by atoms with Crippen molar-refractivity contribution in [2.24, 2.45) is 38.7 Å². The van der Waals surface area contributed by atoms with Gasteiger partial charge in [0.15, 0.2) is 11.9 Å². The van der Waals surface area contributed by atoms with E-state index in [9.17, 15) is 14.4 Å². The van der Waals surface area contributed by atoms with Gasteiger partial charge in [-0.2, -0.15) is 0 Å². The molecule has 28 heavy (non-hydrogen) atoms. The summed E-state index contributed by atoms with van der Waals surface area (Å²) < 4.78 is 0. The Bertz CT molecular complexity index is 586. The van der Waals surface area contributed by atoms with Crippen molar-refractivity contribution in [2.45, 2.75) is 50.7 Å². The first kappa shape index (κ1) is 24.9. The first-order valence-electron chi connectivity index (χ1n) is 8.74. The maximum Gasteiger partial charge on any atom is 0.325 e. The maximum absolute atomic E-state index is 12.3. The van der Waals surface area contributed by atoms with E-state index in [0.29, 0.717) is 25.8 Å². The van der Waals surface area contributed by atoms with E-state index in [0.717, 1.165) is 0 Å². The fraction of sp³-hybridized carbons (Fsp3) is 0.667. The van der Waals surface area contributed by atoms with Gasteiger partial charge in [0.25, 0.3) is 0 Å². The van der Waals surface area contributed by atoms with Crippen LogP contribution in [0, 0.1) is 0 Å². The van der Waals surface area contributed by atoms with Crippen molar-refractivity contribution in [1.82, 2.24) is 10.6 Å². The summed E-state index contributed by atoms with van der Waals surface area (Å²) in [5, 5.41) is 13.8. The summed E-state index contributed by atoms with van der Waals surface area (Å²) in [5.74, 6) is -2.53. The monoisotopic (exact) mass is 401 g/mol. The van der Waals surface area contributed by atoms with Gasteiger partial charge in [0.1, 0.15) is 12.1 Å². The van der Waals surface area contributed by atoms with Gasteiger partial charge in [-0.1, -0.05) is 0 Å². The lowest BCUT2D eigenvalue weighted by Crippen LogP contribution is -2.54. The molecule has 3 atom stereocenters. The molecule has 0 rings (SSSR count). The third kappa shape index (κ3) is 11.5. The topological polar surface area (TPSA) is 250 Å². The molecule has 160 valence electrons. The van der Waals surface area contributed by atoms with Crippen molar-refractivity contribution in [3.63, 3.8) is 0 Å². The number of guanidine groups is 2. The number of rotatable bonds is 13. The summed E-state index contributed by atoms with van der Waals surface area (Å²) in [7, 11) is 0.